The van der Waals surface area contributed by atoms with E-state index >= 15 is 0 Å². The monoisotopic (exact) mass is 233 g/mol. The maximum Gasteiger partial charge on any atom is 0.237 e. The number of nitrogens with one attached hydrogen (secondary N) is 2. The molecule has 2 atom stereocenters. The second kappa shape index (κ2) is 8.03. The van der Waals surface area contributed by atoms with Crippen LogP contribution in [0.15, 0.2) is 0 Å². The Morgan fingerprint density at radius 3 is 2.50 bits per heavy atom. The largest absolute Gasteiger partial charge is 0.394 e. The maximum atomic E-state index is 11.5. The highest BCUT2D eigenvalue weighted by atomic mass is 16.3. The molecule has 0 saturated carbocycles. The van der Waals surface area contributed by atoms with Crippen LogP contribution in [0.2, 0.25) is 0 Å². The van der Waals surface area contributed by atoms with Crippen LogP contribution in [0.1, 0.15) is 13.3 Å². The van der Waals surface area contributed by atoms with E-state index in [4.69, 9.17) is 15.9 Å². The summed E-state index contributed by atoms with van der Waals surface area (Å²) in [7, 11) is 0. The number of aliphatic hydroxyl groups excluding tert-OH is 2. The molecule has 0 aromatic carbocycles. The fraction of sp³-hybridized carbons (Fsp3) is 0.778. The van der Waals surface area contributed by atoms with Crippen LogP contribution in [0, 0.1) is 0 Å². The van der Waals surface area contributed by atoms with Crippen LogP contribution in [-0.2, 0) is 9.59 Å². The summed E-state index contributed by atoms with van der Waals surface area (Å²) in [5.41, 5.74) is 5.00. The maximum absolute atomic E-state index is 11.5. The summed E-state index contributed by atoms with van der Waals surface area (Å²) < 4.78 is 0. The Morgan fingerprint density at radius 1 is 1.44 bits per heavy atom. The third kappa shape index (κ3) is 6.33. The number of carbonyl (C=O) groups is 2. The number of aliphatic hydroxyl groups is 2. The molecule has 7 nitrogen and oxygen atoms in total. The summed E-state index contributed by atoms with van der Waals surface area (Å²) >= 11 is 0. The number of hydrogen-bond donors (Lipinski definition) is 5. The van der Waals surface area contributed by atoms with Gasteiger partial charge in [0.1, 0.15) is 0 Å². The molecule has 1 unspecified atom stereocenters. The van der Waals surface area contributed by atoms with Gasteiger partial charge in [0.25, 0.3) is 0 Å². The molecule has 0 aliphatic rings. The molecule has 0 radical (unpaired) electrons. The van der Waals surface area contributed by atoms with Gasteiger partial charge in [-0.3, -0.25) is 9.59 Å². The Morgan fingerprint density at radius 2 is 2.06 bits per heavy atom. The number of primary amides is 1. The molecule has 0 rings (SSSR count). The second-order valence-corrected chi connectivity index (χ2v) is 3.36. The van der Waals surface area contributed by atoms with E-state index in [0.717, 1.165) is 0 Å². The Kier molecular flexibility index (Phi) is 7.44. The molecule has 0 heterocycles. The van der Waals surface area contributed by atoms with Crippen molar-refractivity contribution in [3.05, 3.63) is 0 Å². The molecule has 0 aromatic heterocycles. The van der Waals surface area contributed by atoms with Gasteiger partial charge in [-0.05, 0) is 6.92 Å². The molecule has 6 N–H and O–H groups in total. The molecule has 0 aliphatic heterocycles. The molecule has 0 saturated heterocycles. The lowest BCUT2D eigenvalue weighted by atomic mass is 10.1. The molecule has 0 aromatic rings. The van der Waals surface area contributed by atoms with Crippen LogP contribution in [0.5, 0.6) is 0 Å². The Hall–Kier alpha value is -1.18. The second-order valence-electron chi connectivity index (χ2n) is 3.36. The third-order valence-corrected chi connectivity index (χ3v) is 1.88. The standard InChI is InChI=1S/C9H19N3O4/c1-2-11-9(16)7(3-8(10)15)12-4-6(14)5-13/h6-7,12-14H,2-5H2,1H3,(H2,10,15)(H,11,16)/t6?,7-/m0/s1. The van der Waals surface area contributed by atoms with Gasteiger partial charge in [0, 0.05) is 13.1 Å². The van der Waals surface area contributed by atoms with Gasteiger partial charge in [0.15, 0.2) is 0 Å². The van der Waals surface area contributed by atoms with Crippen LogP contribution in [-0.4, -0.2) is 53.9 Å². The van der Waals surface area contributed by atoms with Gasteiger partial charge in [-0.25, -0.2) is 0 Å². The van der Waals surface area contributed by atoms with Crippen molar-refractivity contribution in [2.24, 2.45) is 5.73 Å². The van der Waals surface area contributed by atoms with Crippen molar-refractivity contribution in [3.63, 3.8) is 0 Å². The van der Waals surface area contributed by atoms with E-state index in [0.29, 0.717) is 6.54 Å². The summed E-state index contributed by atoms with van der Waals surface area (Å²) in [6.07, 6.45) is -1.12. The molecule has 7 heteroatoms. The first-order chi connectivity index (χ1) is 7.51. The SMILES string of the molecule is CCNC(=O)[C@H](CC(N)=O)NCC(O)CO. The summed E-state index contributed by atoms with van der Waals surface area (Å²) in [6, 6.07) is -0.779. The number of likely N-dealkylation sites (N-methyl/N-ethyl adjacent to an activating group) is 1. The number of amides is 2. The van der Waals surface area contributed by atoms with Crippen molar-refractivity contribution < 1.29 is 19.8 Å². The van der Waals surface area contributed by atoms with Crippen LogP contribution in [0.4, 0.5) is 0 Å². The van der Waals surface area contributed by atoms with Crippen LogP contribution in [0.25, 0.3) is 0 Å². The van der Waals surface area contributed by atoms with Crippen molar-refractivity contribution in [3.8, 4) is 0 Å². The summed E-state index contributed by atoms with van der Waals surface area (Å²) in [5, 5.41) is 22.9. The minimum absolute atomic E-state index is 0.0194. The Balaban J connectivity index is 4.19. The lowest BCUT2D eigenvalue weighted by molar-refractivity contribution is -0.127. The summed E-state index contributed by atoms with van der Waals surface area (Å²) in [6.45, 7) is 1.80. The first kappa shape index (κ1) is 14.8. The number of rotatable bonds is 8. The number of hydrogen-bond acceptors (Lipinski definition) is 5. The Labute approximate surface area is 94.0 Å². The highest BCUT2D eigenvalue weighted by Gasteiger charge is 2.20. The molecule has 94 valence electrons. The molecule has 2 amide bonds. The highest BCUT2D eigenvalue weighted by molar-refractivity contribution is 5.87. The van der Waals surface area contributed by atoms with E-state index in [1.165, 1.54) is 0 Å². The minimum atomic E-state index is -0.968. The first-order valence-corrected chi connectivity index (χ1v) is 5.09. The zero-order valence-electron chi connectivity index (χ0n) is 9.27. The van der Waals surface area contributed by atoms with Crippen molar-refractivity contribution in [1.29, 1.82) is 0 Å². The van der Waals surface area contributed by atoms with Gasteiger partial charge in [-0.15, -0.1) is 0 Å². The summed E-state index contributed by atoms with van der Waals surface area (Å²) in [5.74, 6) is -0.964. The van der Waals surface area contributed by atoms with E-state index in [-0.39, 0.29) is 18.9 Å². The molecule has 0 bridgehead atoms. The predicted molar refractivity (Wildman–Crippen MR) is 57.4 cm³/mol. The van der Waals surface area contributed by atoms with Gasteiger partial charge in [-0.2, -0.15) is 0 Å². The first-order valence-electron chi connectivity index (χ1n) is 5.09. The van der Waals surface area contributed by atoms with Gasteiger partial charge < -0.3 is 26.6 Å². The quantitative estimate of drug-likeness (QED) is 0.312. The smallest absolute Gasteiger partial charge is 0.237 e. The highest BCUT2D eigenvalue weighted by Crippen LogP contribution is 1.92. The Bertz CT molecular complexity index is 235. The van der Waals surface area contributed by atoms with Crippen molar-refractivity contribution in [2.45, 2.75) is 25.5 Å². The number of nitrogens with two attached hydrogens (primary N) is 1. The topological polar surface area (TPSA) is 125 Å². The van der Waals surface area contributed by atoms with Crippen LogP contribution < -0.4 is 16.4 Å². The zero-order chi connectivity index (χ0) is 12.6. The lowest BCUT2D eigenvalue weighted by Gasteiger charge is -2.18. The van der Waals surface area contributed by atoms with Crippen molar-refractivity contribution in [1.82, 2.24) is 10.6 Å². The lowest BCUT2D eigenvalue weighted by Crippen LogP contribution is -2.48. The summed E-state index contributed by atoms with van der Waals surface area (Å²) in [4.78, 5) is 22.2. The predicted octanol–water partition coefficient (Wildman–Crippen LogP) is -2.69. The van der Waals surface area contributed by atoms with Gasteiger partial charge in [0.05, 0.1) is 25.2 Å². The van der Waals surface area contributed by atoms with Crippen LogP contribution >= 0.6 is 0 Å². The zero-order valence-corrected chi connectivity index (χ0v) is 9.27. The van der Waals surface area contributed by atoms with E-state index in [2.05, 4.69) is 10.6 Å². The molecule has 0 spiro atoms. The van der Waals surface area contributed by atoms with Crippen molar-refractivity contribution >= 4 is 11.8 Å². The normalized spacial score (nSPS) is 14.2. The van der Waals surface area contributed by atoms with E-state index in [1.54, 1.807) is 6.92 Å². The van der Waals surface area contributed by atoms with E-state index in [9.17, 15) is 9.59 Å². The van der Waals surface area contributed by atoms with Gasteiger partial charge in [-0.1, -0.05) is 0 Å². The minimum Gasteiger partial charge on any atom is -0.394 e. The molecule has 0 fully saturated rings. The molecular formula is C9H19N3O4. The fourth-order valence-electron chi connectivity index (χ4n) is 1.10. The van der Waals surface area contributed by atoms with Gasteiger partial charge >= 0.3 is 0 Å². The van der Waals surface area contributed by atoms with Crippen molar-refractivity contribution in [2.75, 3.05) is 19.7 Å². The average Bonchev–Trinajstić information content (AvgIpc) is 2.23. The molecule has 0 aliphatic carbocycles. The molecular weight excluding hydrogens is 214 g/mol. The number of carbonyl (C=O) groups excluding carboxylic acids is 2. The van der Waals surface area contributed by atoms with E-state index in [1.807, 2.05) is 0 Å². The van der Waals surface area contributed by atoms with Gasteiger partial charge in [0.2, 0.25) is 11.8 Å². The average molecular weight is 233 g/mol. The van der Waals surface area contributed by atoms with E-state index < -0.39 is 24.7 Å². The third-order valence-electron chi connectivity index (χ3n) is 1.88. The molecule has 16 heavy (non-hydrogen) atoms. The van der Waals surface area contributed by atoms with Crippen LogP contribution in [0.3, 0.4) is 0 Å². The fourth-order valence-corrected chi connectivity index (χ4v) is 1.10.